The highest BCUT2D eigenvalue weighted by atomic mass is 16.2. The molecule has 0 aromatic heterocycles. The summed E-state index contributed by atoms with van der Waals surface area (Å²) in [6, 6.07) is 15.7. The van der Waals surface area contributed by atoms with Gasteiger partial charge in [-0.25, -0.2) is 0 Å². The first-order chi connectivity index (χ1) is 12.3. The number of hydrogen-bond acceptors (Lipinski definition) is 3. The van der Waals surface area contributed by atoms with Crippen LogP contribution in [0.3, 0.4) is 0 Å². The highest BCUT2D eigenvalue weighted by Crippen LogP contribution is 2.35. The minimum Gasteiger partial charge on any atom is -0.340 e. The van der Waals surface area contributed by atoms with Crippen LogP contribution in [-0.4, -0.2) is 55.0 Å². The van der Waals surface area contributed by atoms with Crippen LogP contribution in [0, 0.1) is 0 Å². The van der Waals surface area contributed by atoms with Crippen LogP contribution >= 0.6 is 0 Å². The molecule has 1 unspecified atom stereocenters. The molecule has 2 aromatic carbocycles. The molecule has 25 heavy (non-hydrogen) atoms. The van der Waals surface area contributed by atoms with Gasteiger partial charge in [0.15, 0.2) is 0 Å². The number of carbonyl (C=O) groups is 1. The van der Waals surface area contributed by atoms with Gasteiger partial charge in [-0.15, -0.1) is 0 Å². The van der Waals surface area contributed by atoms with Crippen molar-refractivity contribution in [3.8, 4) is 0 Å². The number of hydrogen-bond donors (Lipinski definition) is 1. The molecule has 4 rings (SSSR count). The second-order valence-electron chi connectivity index (χ2n) is 7.14. The van der Waals surface area contributed by atoms with Crippen LogP contribution in [0.4, 0.5) is 0 Å². The molecule has 4 nitrogen and oxygen atoms in total. The fraction of sp³-hybridized carbons (Fsp3) is 0.476. The normalized spacial score (nSPS) is 21.8. The van der Waals surface area contributed by atoms with Gasteiger partial charge in [-0.3, -0.25) is 9.69 Å². The van der Waals surface area contributed by atoms with Crippen LogP contribution in [-0.2, 0) is 4.79 Å². The van der Waals surface area contributed by atoms with Crippen LogP contribution in [0.25, 0.3) is 10.8 Å². The van der Waals surface area contributed by atoms with Crippen LogP contribution in [0.15, 0.2) is 42.5 Å². The number of rotatable bonds is 4. The zero-order valence-corrected chi connectivity index (χ0v) is 14.8. The Morgan fingerprint density at radius 1 is 1.04 bits per heavy atom. The van der Waals surface area contributed by atoms with Crippen molar-refractivity contribution in [2.45, 2.75) is 25.3 Å². The summed E-state index contributed by atoms with van der Waals surface area (Å²) in [4.78, 5) is 17.0. The third-order valence-electron chi connectivity index (χ3n) is 5.63. The summed E-state index contributed by atoms with van der Waals surface area (Å²) in [6.07, 6.45) is 3.05. The van der Waals surface area contributed by atoms with Gasteiger partial charge in [0.1, 0.15) is 0 Å². The zero-order valence-electron chi connectivity index (χ0n) is 14.8. The van der Waals surface area contributed by atoms with Gasteiger partial charge in [0, 0.05) is 45.2 Å². The minimum atomic E-state index is 0.310. The van der Waals surface area contributed by atoms with E-state index < -0.39 is 0 Å². The first-order valence-electron chi connectivity index (χ1n) is 9.53. The van der Waals surface area contributed by atoms with Crippen LogP contribution in [0.2, 0.25) is 0 Å². The number of fused-ring (bicyclic) bond motifs is 1. The molecule has 0 bridgehead atoms. The molecule has 2 aliphatic rings. The molecule has 0 aliphatic carbocycles. The quantitative estimate of drug-likeness (QED) is 0.932. The summed E-state index contributed by atoms with van der Waals surface area (Å²) in [6.45, 7) is 5.53. The van der Waals surface area contributed by atoms with Gasteiger partial charge in [0.05, 0.1) is 0 Å². The summed E-state index contributed by atoms with van der Waals surface area (Å²) in [7, 11) is 0. The first-order valence-corrected chi connectivity index (χ1v) is 9.53. The van der Waals surface area contributed by atoms with Gasteiger partial charge >= 0.3 is 0 Å². The monoisotopic (exact) mass is 337 g/mol. The Labute approximate surface area is 149 Å². The number of nitrogens with zero attached hydrogens (tertiary/aromatic N) is 2. The van der Waals surface area contributed by atoms with Gasteiger partial charge in [-0.1, -0.05) is 42.5 Å². The Morgan fingerprint density at radius 3 is 2.72 bits per heavy atom. The average Bonchev–Trinajstić information content (AvgIpc) is 3.14. The summed E-state index contributed by atoms with van der Waals surface area (Å²) < 4.78 is 0. The SMILES string of the molecule is O=C(CCN1CCCC1c1cccc2ccccc12)N1CCNCC1. The van der Waals surface area contributed by atoms with E-state index in [9.17, 15) is 4.79 Å². The molecule has 1 amide bonds. The molecule has 2 aliphatic heterocycles. The van der Waals surface area contributed by atoms with E-state index in [-0.39, 0.29) is 0 Å². The number of amides is 1. The molecule has 4 heteroatoms. The van der Waals surface area contributed by atoms with Gasteiger partial charge in [0.25, 0.3) is 0 Å². The molecule has 0 saturated carbocycles. The Balaban J connectivity index is 1.46. The van der Waals surface area contributed by atoms with Crippen molar-refractivity contribution in [3.63, 3.8) is 0 Å². The maximum atomic E-state index is 12.5. The van der Waals surface area contributed by atoms with E-state index in [0.29, 0.717) is 18.4 Å². The maximum Gasteiger partial charge on any atom is 0.223 e. The highest BCUT2D eigenvalue weighted by Gasteiger charge is 2.28. The number of nitrogens with one attached hydrogen (secondary N) is 1. The molecule has 2 fully saturated rings. The second-order valence-corrected chi connectivity index (χ2v) is 7.14. The Kier molecular flexibility index (Phi) is 4.99. The lowest BCUT2D eigenvalue weighted by molar-refractivity contribution is -0.132. The number of likely N-dealkylation sites (tertiary alicyclic amines) is 1. The fourth-order valence-electron chi connectivity index (χ4n) is 4.30. The van der Waals surface area contributed by atoms with Gasteiger partial charge < -0.3 is 10.2 Å². The number of piperazine rings is 1. The van der Waals surface area contributed by atoms with Crippen molar-refractivity contribution in [1.82, 2.24) is 15.1 Å². The molecule has 1 atom stereocenters. The van der Waals surface area contributed by atoms with Crippen molar-refractivity contribution in [3.05, 3.63) is 48.0 Å². The number of carbonyl (C=O) groups excluding carboxylic acids is 1. The van der Waals surface area contributed by atoms with E-state index in [2.05, 4.69) is 52.7 Å². The van der Waals surface area contributed by atoms with Crippen molar-refractivity contribution < 1.29 is 4.79 Å². The number of benzene rings is 2. The molecule has 2 heterocycles. The first kappa shape index (κ1) is 16.6. The maximum absolute atomic E-state index is 12.5. The van der Waals surface area contributed by atoms with E-state index in [0.717, 1.165) is 39.3 Å². The fourth-order valence-corrected chi connectivity index (χ4v) is 4.30. The van der Waals surface area contributed by atoms with E-state index in [4.69, 9.17) is 0 Å². The lowest BCUT2D eigenvalue weighted by Gasteiger charge is -2.30. The molecule has 0 radical (unpaired) electrons. The van der Waals surface area contributed by atoms with Gasteiger partial charge in [-0.2, -0.15) is 0 Å². The van der Waals surface area contributed by atoms with E-state index >= 15 is 0 Å². The van der Waals surface area contributed by atoms with Crippen molar-refractivity contribution >= 4 is 16.7 Å². The second kappa shape index (κ2) is 7.54. The summed E-state index contributed by atoms with van der Waals surface area (Å²) in [5, 5.41) is 5.97. The van der Waals surface area contributed by atoms with Crippen molar-refractivity contribution in [2.24, 2.45) is 0 Å². The van der Waals surface area contributed by atoms with Gasteiger partial charge in [0.2, 0.25) is 5.91 Å². The average molecular weight is 337 g/mol. The molecule has 132 valence electrons. The van der Waals surface area contributed by atoms with Crippen molar-refractivity contribution in [2.75, 3.05) is 39.3 Å². The standard InChI is InChI=1S/C21H27N3O/c25-21(24-15-11-22-12-16-24)10-14-23-13-4-9-20(23)19-8-3-6-17-5-1-2-7-18(17)19/h1-3,5-8,20,22H,4,9-16H2. The predicted octanol–water partition coefficient (Wildman–Crippen LogP) is 2.80. The van der Waals surface area contributed by atoms with Gasteiger partial charge in [-0.05, 0) is 35.7 Å². The summed E-state index contributed by atoms with van der Waals surface area (Å²) >= 11 is 0. The molecular weight excluding hydrogens is 310 g/mol. The van der Waals surface area contributed by atoms with E-state index in [1.165, 1.54) is 29.2 Å². The largest absolute Gasteiger partial charge is 0.340 e. The van der Waals surface area contributed by atoms with E-state index in [1.54, 1.807) is 0 Å². The Morgan fingerprint density at radius 2 is 1.84 bits per heavy atom. The molecule has 2 saturated heterocycles. The molecule has 0 spiro atoms. The van der Waals surface area contributed by atoms with Crippen molar-refractivity contribution in [1.29, 1.82) is 0 Å². The van der Waals surface area contributed by atoms with E-state index in [1.807, 2.05) is 4.90 Å². The Hall–Kier alpha value is -1.91. The molecule has 1 N–H and O–H groups in total. The predicted molar refractivity (Wildman–Crippen MR) is 102 cm³/mol. The van der Waals surface area contributed by atoms with Crippen LogP contribution in [0.1, 0.15) is 30.9 Å². The highest BCUT2D eigenvalue weighted by molar-refractivity contribution is 5.86. The molecular formula is C21H27N3O. The summed E-state index contributed by atoms with van der Waals surface area (Å²) in [5.74, 6) is 0.310. The molecule has 2 aromatic rings. The minimum absolute atomic E-state index is 0.310. The van der Waals surface area contributed by atoms with Crippen LogP contribution < -0.4 is 5.32 Å². The topological polar surface area (TPSA) is 35.6 Å². The third-order valence-corrected chi connectivity index (χ3v) is 5.63. The third kappa shape index (κ3) is 3.55. The Bertz CT molecular complexity index is 734. The van der Waals surface area contributed by atoms with Crippen LogP contribution in [0.5, 0.6) is 0 Å². The lowest BCUT2D eigenvalue weighted by Crippen LogP contribution is -2.47. The summed E-state index contributed by atoms with van der Waals surface area (Å²) in [5.41, 5.74) is 1.42. The lowest BCUT2D eigenvalue weighted by atomic mass is 9.97. The zero-order chi connectivity index (χ0) is 17.1. The smallest absolute Gasteiger partial charge is 0.223 e.